The van der Waals surface area contributed by atoms with E-state index in [0.717, 1.165) is 12.1 Å². The molecule has 0 aromatic heterocycles. The maximum atomic E-state index is 14.6. The van der Waals surface area contributed by atoms with E-state index in [9.17, 15) is 18.4 Å². The van der Waals surface area contributed by atoms with Crippen molar-refractivity contribution in [1.29, 1.82) is 0 Å². The molecule has 0 aliphatic heterocycles. The molecular weight excluding hydrogens is 254 g/mol. The van der Waals surface area contributed by atoms with Crippen LogP contribution in [0.3, 0.4) is 0 Å². The van der Waals surface area contributed by atoms with Crippen LogP contribution < -0.4 is 0 Å². The molecule has 2 rings (SSSR count). The van der Waals surface area contributed by atoms with Crippen LogP contribution in [0.5, 0.6) is 0 Å². The van der Waals surface area contributed by atoms with Crippen LogP contribution in [0.25, 0.3) is 0 Å². The van der Waals surface area contributed by atoms with E-state index in [4.69, 9.17) is 4.74 Å². The van der Waals surface area contributed by atoms with Gasteiger partial charge in [0.2, 0.25) is 5.78 Å². The fourth-order valence-corrected chi connectivity index (χ4v) is 1.99. The number of rotatable bonds is 1. The van der Waals surface area contributed by atoms with Crippen molar-refractivity contribution in [3.8, 4) is 0 Å². The number of fused-ring (bicyclic) bond motifs is 1. The van der Waals surface area contributed by atoms with Crippen LogP contribution >= 0.6 is 0 Å². The fraction of sp³-hybridized carbons (Fsp3) is 0.429. The number of esters is 1. The fourth-order valence-electron chi connectivity index (χ4n) is 1.99. The lowest BCUT2D eigenvalue weighted by Crippen LogP contribution is -2.44. The Bertz CT molecular complexity index is 560. The number of benzene rings is 1. The van der Waals surface area contributed by atoms with Crippen molar-refractivity contribution in [3.63, 3.8) is 0 Å². The van der Waals surface area contributed by atoms with Crippen molar-refractivity contribution in [2.75, 3.05) is 0 Å². The topological polar surface area (TPSA) is 43.4 Å². The van der Waals surface area contributed by atoms with Crippen LogP contribution in [0.2, 0.25) is 0 Å². The lowest BCUT2D eigenvalue weighted by Gasteiger charge is -2.24. The van der Waals surface area contributed by atoms with Gasteiger partial charge in [-0.3, -0.25) is 4.79 Å². The minimum absolute atomic E-state index is 0.0895. The van der Waals surface area contributed by atoms with Gasteiger partial charge in [0.15, 0.2) is 0 Å². The van der Waals surface area contributed by atoms with Gasteiger partial charge < -0.3 is 4.74 Å². The highest BCUT2D eigenvalue weighted by molar-refractivity contribution is 6.18. The van der Waals surface area contributed by atoms with Crippen molar-refractivity contribution in [1.82, 2.24) is 0 Å². The van der Waals surface area contributed by atoms with Gasteiger partial charge in [-0.15, -0.1) is 0 Å². The molecule has 5 heteroatoms. The molecule has 0 radical (unpaired) electrons. The summed E-state index contributed by atoms with van der Waals surface area (Å²) in [7, 11) is 0. The number of hydrogen-bond donors (Lipinski definition) is 0. The molecule has 0 spiro atoms. The average molecular weight is 268 g/mol. The van der Waals surface area contributed by atoms with Crippen molar-refractivity contribution < 1.29 is 23.1 Å². The largest absolute Gasteiger partial charge is 0.457 e. The second kappa shape index (κ2) is 4.11. The predicted octanol–water partition coefficient (Wildman–Crippen LogP) is 2.61. The van der Waals surface area contributed by atoms with E-state index in [1.165, 1.54) is 6.07 Å². The normalized spacial score (nSPS) is 22.3. The number of carbonyl (C=O) groups is 2. The zero-order valence-electron chi connectivity index (χ0n) is 10.9. The Morgan fingerprint density at radius 3 is 2.58 bits per heavy atom. The predicted molar refractivity (Wildman–Crippen MR) is 64.1 cm³/mol. The monoisotopic (exact) mass is 268 g/mol. The maximum Gasteiger partial charge on any atom is 0.353 e. The highest BCUT2D eigenvalue weighted by Gasteiger charge is 2.54. The van der Waals surface area contributed by atoms with E-state index in [2.05, 4.69) is 0 Å². The number of Topliss-reactive ketones (excluding diaryl/α,β-unsaturated/α-hetero) is 1. The second-order valence-corrected chi connectivity index (χ2v) is 5.61. The van der Waals surface area contributed by atoms with Crippen LogP contribution in [-0.2, 0) is 16.0 Å². The van der Waals surface area contributed by atoms with Crippen molar-refractivity contribution >= 4 is 11.8 Å². The summed E-state index contributed by atoms with van der Waals surface area (Å²) in [5.41, 5.74) is -3.41. The first kappa shape index (κ1) is 13.6. The van der Waals surface area contributed by atoms with Crippen LogP contribution in [0.4, 0.5) is 8.78 Å². The van der Waals surface area contributed by atoms with Gasteiger partial charge in [0.05, 0.1) is 0 Å². The Morgan fingerprint density at radius 1 is 1.37 bits per heavy atom. The summed E-state index contributed by atoms with van der Waals surface area (Å²) < 4.78 is 32.6. The summed E-state index contributed by atoms with van der Waals surface area (Å²) in [6.07, 6.45) is -0.406. The van der Waals surface area contributed by atoms with Gasteiger partial charge in [0.25, 0.3) is 5.67 Å². The third kappa shape index (κ3) is 2.37. The Kier molecular flexibility index (Phi) is 2.96. The number of hydrogen-bond acceptors (Lipinski definition) is 3. The molecule has 0 fully saturated rings. The van der Waals surface area contributed by atoms with Gasteiger partial charge in [-0.05, 0) is 38.5 Å². The quantitative estimate of drug-likeness (QED) is 0.581. The summed E-state index contributed by atoms with van der Waals surface area (Å²) >= 11 is 0. The smallest absolute Gasteiger partial charge is 0.353 e. The molecule has 102 valence electrons. The average Bonchev–Trinajstić information content (AvgIpc) is 2.51. The Balaban J connectivity index is 2.34. The van der Waals surface area contributed by atoms with Crippen LogP contribution in [0, 0.1) is 5.82 Å². The van der Waals surface area contributed by atoms with Crippen LogP contribution in [0.15, 0.2) is 18.2 Å². The molecule has 19 heavy (non-hydrogen) atoms. The van der Waals surface area contributed by atoms with E-state index in [1.807, 2.05) is 0 Å². The number of halogens is 2. The summed E-state index contributed by atoms with van der Waals surface area (Å²) in [5, 5.41) is 0. The lowest BCUT2D eigenvalue weighted by atomic mass is 10.0. The highest BCUT2D eigenvalue weighted by Crippen LogP contribution is 2.35. The molecule has 0 bridgehead atoms. The Labute approximate surface area is 109 Å². The zero-order chi connectivity index (χ0) is 14.4. The SMILES string of the molecule is CC(C)(C)OC(=O)C1(F)Cc2ccc(F)cc2C1=O. The first-order valence-corrected chi connectivity index (χ1v) is 5.89. The lowest BCUT2D eigenvalue weighted by molar-refractivity contribution is -0.165. The molecule has 3 nitrogen and oxygen atoms in total. The van der Waals surface area contributed by atoms with Crippen molar-refractivity contribution in [3.05, 3.63) is 35.1 Å². The van der Waals surface area contributed by atoms with E-state index < -0.39 is 35.3 Å². The molecule has 1 aromatic rings. The Morgan fingerprint density at radius 2 is 2.00 bits per heavy atom. The van der Waals surface area contributed by atoms with E-state index in [-0.39, 0.29) is 5.56 Å². The summed E-state index contributed by atoms with van der Waals surface area (Å²) in [5.74, 6) is -2.89. The van der Waals surface area contributed by atoms with E-state index in [0.29, 0.717) is 5.56 Å². The third-order valence-electron chi connectivity index (χ3n) is 2.83. The van der Waals surface area contributed by atoms with Gasteiger partial charge in [0, 0.05) is 12.0 Å². The molecule has 0 saturated carbocycles. The first-order valence-electron chi connectivity index (χ1n) is 5.89. The van der Waals surface area contributed by atoms with Crippen LogP contribution in [-0.4, -0.2) is 23.0 Å². The van der Waals surface area contributed by atoms with Gasteiger partial charge in [-0.25, -0.2) is 13.6 Å². The number of ether oxygens (including phenoxy) is 1. The molecule has 0 N–H and O–H groups in total. The van der Waals surface area contributed by atoms with Gasteiger partial charge in [-0.1, -0.05) is 6.07 Å². The summed E-state index contributed by atoms with van der Waals surface area (Å²) in [6, 6.07) is 3.39. The van der Waals surface area contributed by atoms with Gasteiger partial charge in [0.1, 0.15) is 11.4 Å². The molecule has 1 aliphatic rings. The molecule has 0 amide bonds. The van der Waals surface area contributed by atoms with Gasteiger partial charge in [-0.2, -0.15) is 0 Å². The number of carbonyl (C=O) groups excluding carboxylic acids is 2. The zero-order valence-corrected chi connectivity index (χ0v) is 10.9. The first-order chi connectivity index (χ1) is 8.63. The number of alkyl halides is 1. The summed E-state index contributed by atoms with van der Waals surface area (Å²) in [4.78, 5) is 23.8. The third-order valence-corrected chi connectivity index (χ3v) is 2.83. The van der Waals surface area contributed by atoms with Crippen molar-refractivity contribution in [2.24, 2.45) is 0 Å². The molecule has 0 heterocycles. The minimum atomic E-state index is -2.75. The van der Waals surface area contributed by atoms with Gasteiger partial charge >= 0.3 is 5.97 Å². The molecule has 1 atom stereocenters. The maximum absolute atomic E-state index is 14.6. The molecule has 1 unspecified atom stereocenters. The van der Waals surface area contributed by atoms with Crippen molar-refractivity contribution in [2.45, 2.75) is 38.5 Å². The second-order valence-electron chi connectivity index (χ2n) is 5.61. The summed E-state index contributed by atoms with van der Waals surface area (Å²) in [6.45, 7) is 4.75. The molecule has 1 aliphatic carbocycles. The molecular formula is C14H14F2O3. The number of ketones is 1. The minimum Gasteiger partial charge on any atom is -0.457 e. The van der Waals surface area contributed by atoms with E-state index >= 15 is 0 Å². The highest BCUT2D eigenvalue weighted by atomic mass is 19.1. The molecule has 0 saturated heterocycles. The van der Waals surface area contributed by atoms with Crippen LogP contribution in [0.1, 0.15) is 36.7 Å². The standard InChI is InChI=1S/C14H14F2O3/c1-13(2,3)19-12(18)14(16)7-8-4-5-9(15)6-10(8)11(14)17/h4-6H,7H2,1-3H3. The molecule has 1 aromatic carbocycles. The Hall–Kier alpha value is -1.78. The van der Waals surface area contributed by atoms with E-state index in [1.54, 1.807) is 20.8 Å².